The number of anilines is 1. The predicted octanol–water partition coefficient (Wildman–Crippen LogP) is 2.80. The molecule has 2 aromatic rings. The fourth-order valence-corrected chi connectivity index (χ4v) is 1.85. The Bertz CT molecular complexity index is 512. The van der Waals surface area contributed by atoms with Gasteiger partial charge in [-0.15, -0.1) is 0 Å². The molecule has 1 aromatic carbocycles. The van der Waals surface area contributed by atoms with E-state index in [4.69, 9.17) is 5.73 Å². The van der Waals surface area contributed by atoms with Gasteiger partial charge in [0.15, 0.2) is 0 Å². The number of hydrogen-bond donors (Lipinski definition) is 1. The van der Waals surface area contributed by atoms with Crippen LogP contribution in [0.2, 0.25) is 0 Å². The highest BCUT2D eigenvalue weighted by atomic mass is 14.9. The van der Waals surface area contributed by atoms with Crippen LogP contribution in [0.4, 0.5) is 5.82 Å². The normalized spacial score (nSPS) is 11.9. The van der Waals surface area contributed by atoms with E-state index in [1.807, 2.05) is 6.07 Å². The maximum absolute atomic E-state index is 5.84. The van der Waals surface area contributed by atoms with E-state index in [9.17, 15) is 0 Å². The molecule has 0 fully saturated rings. The number of nitrogen functional groups attached to an aromatic ring is 1. The van der Waals surface area contributed by atoms with Crippen molar-refractivity contribution in [3.05, 3.63) is 30.1 Å². The standard InChI is InChI=1S/C13H17N3/c1-13(2,3)7-9-4-5-11-10(6-9)12(14)16-8-15-11/h4-6,8H,7H2,1-3H3,(H2,14,15,16). The molecule has 84 valence electrons. The quantitative estimate of drug-likeness (QED) is 0.795. The lowest BCUT2D eigenvalue weighted by Crippen LogP contribution is -2.09. The van der Waals surface area contributed by atoms with Crippen molar-refractivity contribution in [2.45, 2.75) is 27.2 Å². The van der Waals surface area contributed by atoms with Crippen LogP contribution in [0.15, 0.2) is 24.5 Å². The van der Waals surface area contributed by atoms with Crippen molar-refractivity contribution in [1.29, 1.82) is 0 Å². The van der Waals surface area contributed by atoms with Gasteiger partial charge in [-0.3, -0.25) is 0 Å². The van der Waals surface area contributed by atoms with Gasteiger partial charge in [0, 0.05) is 5.39 Å². The van der Waals surface area contributed by atoms with Gasteiger partial charge in [0.1, 0.15) is 12.1 Å². The number of benzene rings is 1. The summed E-state index contributed by atoms with van der Waals surface area (Å²) in [6, 6.07) is 6.21. The van der Waals surface area contributed by atoms with E-state index in [1.165, 1.54) is 11.9 Å². The second-order valence-electron chi connectivity index (χ2n) is 5.35. The Labute approximate surface area is 95.7 Å². The maximum Gasteiger partial charge on any atom is 0.134 e. The molecular formula is C13H17N3. The van der Waals surface area contributed by atoms with Crippen LogP contribution in [-0.4, -0.2) is 9.97 Å². The number of aromatic nitrogens is 2. The summed E-state index contributed by atoms with van der Waals surface area (Å²) in [4.78, 5) is 8.20. The fourth-order valence-electron chi connectivity index (χ4n) is 1.85. The van der Waals surface area contributed by atoms with E-state index < -0.39 is 0 Å². The van der Waals surface area contributed by atoms with Gasteiger partial charge >= 0.3 is 0 Å². The van der Waals surface area contributed by atoms with E-state index in [2.05, 4.69) is 42.9 Å². The Hall–Kier alpha value is -1.64. The molecule has 3 nitrogen and oxygen atoms in total. The summed E-state index contributed by atoms with van der Waals surface area (Å²) in [6.45, 7) is 6.67. The Balaban J connectivity index is 2.47. The van der Waals surface area contributed by atoms with Crippen molar-refractivity contribution in [3.8, 4) is 0 Å². The zero-order valence-corrected chi connectivity index (χ0v) is 9.99. The number of fused-ring (bicyclic) bond motifs is 1. The van der Waals surface area contributed by atoms with Crippen LogP contribution in [0.1, 0.15) is 26.3 Å². The zero-order chi connectivity index (χ0) is 11.8. The SMILES string of the molecule is CC(C)(C)Cc1ccc2ncnc(N)c2c1. The maximum atomic E-state index is 5.84. The third-order valence-corrected chi connectivity index (χ3v) is 2.47. The van der Waals surface area contributed by atoms with Crippen LogP contribution in [0, 0.1) is 5.41 Å². The second-order valence-corrected chi connectivity index (χ2v) is 5.35. The highest BCUT2D eigenvalue weighted by molar-refractivity contribution is 5.88. The summed E-state index contributed by atoms with van der Waals surface area (Å²) >= 11 is 0. The highest BCUT2D eigenvalue weighted by Crippen LogP contribution is 2.24. The number of nitrogens with zero attached hydrogens (tertiary/aromatic N) is 2. The third kappa shape index (κ3) is 2.30. The minimum absolute atomic E-state index is 0.276. The van der Waals surface area contributed by atoms with Crippen molar-refractivity contribution in [3.63, 3.8) is 0 Å². The van der Waals surface area contributed by atoms with E-state index in [0.717, 1.165) is 17.3 Å². The lowest BCUT2D eigenvalue weighted by molar-refractivity contribution is 0.411. The monoisotopic (exact) mass is 215 g/mol. The Morgan fingerprint density at radius 3 is 2.62 bits per heavy atom. The minimum atomic E-state index is 0.276. The Morgan fingerprint density at radius 2 is 1.94 bits per heavy atom. The molecule has 0 amide bonds. The van der Waals surface area contributed by atoms with Crippen LogP contribution in [-0.2, 0) is 6.42 Å². The van der Waals surface area contributed by atoms with Gasteiger partial charge < -0.3 is 5.73 Å². The first-order valence-corrected chi connectivity index (χ1v) is 5.45. The molecule has 0 bridgehead atoms. The molecule has 0 aliphatic heterocycles. The first kappa shape index (κ1) is 10.9. The molecule has 0 aliphatic rings. The van der Waals surface area contributed by atoms with E-state index in [0.29, 0.717) is 5.82 Å². The average Bonchev–Trinajstić information content (AvgIpc) is 2.17. The third-order valence-electron chi connectivity index (χ3n) is 2.47. The van der Waals surface area contributed by atoms with Gasteiger partial charge in [0.2, 0.25) is 0 Å². The van der Waals surface area contributed by atoms with Gasteiger partial charge in [0.25, 0.3) is 0 Å². The average molecular weight is 215 g/mol. The van der Waals surface area contributed by atoms with Crippen molar-refractivity contribution in [1.82, 2.24) is 9.97 Å². The van der Waals surface area contributed by atoms with Crippen molar-refractivity contribution >= 4 is 16.7 Å². The molecule has 0 radical (unpaired) electrons. The topological polar surface area (TPSA) is 51.8 Å². The number of rotatable bonds is 1. The van der Waals surface area contributed by atoms with Crippen LogP contribution in [0.3, 0.4) is 0 Å². The van der Waals surface area contributed by atoms with E-state index in [1.54, 1.807) is 0 Å². The molecule has 0 unspecified atom stereocenters. The predicted molar refractivity (Wildman–Crippen MR) is 67.1 cm³/mol. The molecule has 3 heteroatoms. The molecule has 1 heterocycles. The molecular weight excluding hydrogens is 198 g/mol. The lowest BCUT2D eigenvalue weighted by atomic mass is 9.88. The smallest absolute Gasteiger partial charge is 0.134 e. The Kier molecular flexibility index (Phi) is 2.54. The highest BCUT2D eigenvalue weighted by Gasteiger charge is 2.12. The second kappa shape index (κ2) is 3.74. The van der Waals surface area contributed by atoms with Crippen LogP contribution in [0.5, 0.6) is 0 Å². The van der Waals surface area contributed by atoms with Gasteiger partial charge in [0.05, 0.1) is 5.52 Å². The first-order chi connectivity index (χ1) is 7.46. The fraction of sp³-hybridized carbons (Fsp3) is 0.385. The van der Waals surface area contributed by atoms with Crippen LogP contribution >= 0.6 is 0 Å². The molecule has 2 N–H and O–H groups in total. The van der Waals surface area contributed by atoms with Crippen LogP contribution < -0.4 is 5.73 Å². The first-order valence-electron chi connectivity index (χ1n) is 5.45. The molecule has 0 spiro atoms. The molecule has 0 saturated carbocycles. The molecule has 1 aromatic heterocycles. The molecule has 2 rings (SSSR count). The van der Waals surface area contributed by atoms with E-state index in [-0.39, 0.29) is 5.41 Å². The summed E-state index contributed by atoms with van der Waals surface area (Å²) in [5.74, 6) is 0.556. The summed E-state index contributed by atoms with van der Waals surface area (Å²) in [5, 5.41) is 0.948. The number of hydrogen-bond acceptors (Lipinski definition) is 3. The molecule has 0 atom stereocenters. The summed E-state index contributed by atoms with van der Waals surface area (Å²) in [5.41, 5.74) is 8.30. The van der Waals surface area contributed by atoms with Crippen molar-refractivity contribution in [2.75, 3.05) is 5.73 Å². The molecule has 0 aliphatic carbocycles. The molecule has 0 saturated heterocycles. The van der Waals surface area contributed by atoms with Crippen molar-refractivity contribution in [2.24, 2.45) is 5.41 Å². The summed E-state index contributed by atoms with van der Waals surface area (Å²) in [6.07, 6.45) is 2.53. The lowest BCUT2D eigenvalue weighted by Gasteiger charge is -2.18. The number of nitrogens with two attached hydrogens (primary N) is 1. The minimum Gasteiger partial charge on any atom is -0.383 e. The van der Waals surface area contributed by atoms with Gasteiger partial charge in [-0.1, -0.05) is 26.8 Å². The van der Waals surface area contributed by atoms with Gasteiger partial charge in [-0.25, -0.2) is 9.97 Å². The van der Waals surface area contributed by atoms with Gasteiger partial charge in [-0.05, 0) is 29.5 Å². The van der Waals surface area contributed by atoms with Crippen LogP contribution in [0.25, 0.3) is 10.9 Å². The zero-order valence-electron chi connectivity index (χ0n) is 9.99. The van der Waals surface area contributed by atoms with Crippen molar-refractivity contribution < 1.29 is 0 Å². The largest absolute Gasteiger partial charge is 0.383 e. The summed E-state index contributed by atoms with van der Waals surface area (Å²) in [7, 11) is 0. The Morgan fingerprint density at radius 1 is 1.19 bits per heavy atom. The van der Waals surface area contributed by atoms with E-state index >= 15 is 0 Å². The van der Waals surface area contributed by atoms with Gasteiger partial charge in [-0.2, -0.15) is 0 Å². The molecule has 16 heavy (non-hydrogen) atoms. The summed E-state index contributed by atoms with van der Waals surface area (Å²) < 4.78 is 0.